The number of nitrogens with zero attached hydrogens (tertiary/aromatic N) is 2. The molecule has 1 saturated heterocycles. The molecule has 2 rings (SSSR count). The van der Waals surface area contributed by atoms with Crippen LogP contribution in [0.3, 0.4) is 0 Å². The molecule has 1 atom stereocenters. The van der Waals surface area contributed by atoms with Crippen LogP contribution in [0.2, 0.25) is 0 Å². The molecule has 1 aliphatic rings. The van der Waals surface area contributed by atoms with E-state index in [4.69, 9.17) is 19.6 Å². The van der Waals surface area contributed by atoms with Gasteiger partial charge in [0.2, 0.25) is 0 Å². The van der Waals surface area contributed by atoms with Crippen molar-refractivity contribution in [3.05, 3.63) is 35.9 Å². The Hall–Kier alpha value is -1.90. The fourth-order valence-corrected chi connectivity index (χ4v) is 1.39. The zero-order chi connectivity index (χ0) is 11.9. The summed E-state index contributed by atoms with van der Waals surface area (Å²) < 4.78 is 10.2. The van der Waals surface area contributed by atoms with Crippen LogP contribution in [0.25, 0.3) is 0 Å². The third kappa shape index (κ3) is 3.28. The molecule has 1 aromatic rings. The topological polar surface area (TPSA) is 63.8 Å². The molecule has 0 spiro atoms. The van der Waals surface area contributed by atoms with Gasteiger partial charge in [-0.2, -0.15) is 5.26 Å². The summed E-state index contributed by atoms with van der Waals surface area (Å²) in [4.78, 5) is 5.09. The summed E-state index contributed by atoms with van der Waals surface area (Å²) in [6, 6.07) is 11.2. The lowest BCUT2D eigenvalue weighted by atomic mass is 10.1. The van der Waals surface area contributed by atoms with Gasteiger partial charge in [0.05, 0.1) is 6.61 Å². The predicted molar refractivity (Wildman–Crippen MR) is 60.2 cm³/mol. The highest BCUT2D eigenvalue weighted by atomic mass is 16.7. The van der Waals surface area contributed by atoms with Gasteiger partial charge in [0.1, 0.15) is 25.6 Å². The lowest BCUT2D eigenvalue weighted by Crippen LogP contribution is -2.16. The third-order valence-corrected chi connectivity index (χ3v) is 2.26. The number of ether oxygens (including phenoxy) is 2. The van der Waals surface area contributed by atoms with Gasteiger partial charge in [-0.05, 0) is 0 Å². The first-order chi connectivity index (χ1) is 8.40. The minimum atomic E-state index is -0.102. The molecule has 5 heteroatoms. The fourth-order valence-electron chi connectivity index (χ4n) is 1.39. The molecule has 0 amide bonds. The molecule has 88 valence electrons. The molecule has 0 saturated carbocycles. The Labute approximate surface area is 99.2 Å². The van der Waals surface area contributed by atoms with Crippen molar-refractivity contribution in [2.45, 2.75) is 6.10 Å². The zero-order valence-electron chi connectivity index (χ0n) is 9.20. The standard InChI is InChI=1S/C12H12N2O3/c13-6-12(10-4-2-1-3-5-10)14-17-8-11-7-15-9-16-11/h1-5,11H,7-9H2/b14-12+. The summed E-state index contributed by atoms with van der Waals surface area (Å²) in [6.07, 6.45) is -0.102. The van der Waals surface area contributed by atoms with Crippen molar-refractivity contribution >= 4 is 5.71 Å². The molecule has 0 aliphatic carbocycles. The second-order valence-corrected chi connectivity index (χ2v) is 3.49. The quantitative estimate of drug-likeness (QED) is 0.580. The lowest BCUT2D eigenvalue weighted by molar-refractivity contribution is 0.00680. The number of rotatable bonds is 4. The van der Waals surface area contributed by atoms with Crippen LogP contribution in [0.5, 0.6) is 0 Å². The van der Waals surface area contributed by atoms with Gasteiger partial charge in [-0.1, -0.05) is 35.5 Å². The Morgan fingerprint density at radius 2 is 2.29 bits per heavy atom. The number of oxime groups is 1. The van der Waals surface area contributed by atoms with E-state index in [9.17, 15) is 0 Å². The van der Waals surface area contributed by atoms with Crippen LogP contribution in [0, 0.1) is 11.3 Å². The summed E-state index contributed by atoms with van der Waals surface area (Å²) in [5.41, 5.74) is 0.989. The van der Waals surface area contributed by atoms with Gasteiger partial charge in [0.15, 0.2) is 5.71 Å². The molecule has 1 heterocycles. The predicted octanol–water partition coefficient (Wildman–Crippen LogP) is 1.30. The first-order valence-electron chi connectivity index (χ1n) is 5.25. The van der Waals surface area contributed by atoms with Crippen LogP contribution < -0.4 is 0 Å². The molecule has 1 aromatic carbocycles. The van der Waals surface area contributed by atoms with E-state index in [1.807, 2.05) is 24.3 Å². The minimum absolute atomic E-state index is 0.102. The fraction of sp³-hybridized carbons (Fsp3) is 0.333. The van der Waals surface area contributed by atoms with Crippen LogP contribution in [0.15, 0.2) is 35.5 Å². The minimum Gasteiger partial charge on any atom is -0.392 e. The maximum absolute atomic E-state index is 8.95. The molecule has 0 aromatic heterocycles. The summed E-state index contributed by atoms with van der Waals surface area (Å²) >= 11 is 0. The first kappa shape index (κ1) is 11.6. The van der Waals surface area contributed by atoms with E-state index in [2.05, 4.69) is 5.16 Å². The summed E-state index contributed by atoms with van der Waals surface area (Å²) in [5, 5.41) is 12.8. The summed E-state index contributed by atoms with van der Waals surface area (Å²) in [7, 11) is 0. The molecular weight excluding hydrogens is 220 g/mol. The van der Waals surface area contributed by atoms with E-state index in [0.29, 0.717) is 13.4 Å². The SMILES string of the molecule is N#C/C(=N\OCC1COCO1)c1ccccc1. The maximum Gasteiger partial charge on any atom is 0.186 e. The van der Waals surface area contributed by atoms with Crippen molar-refractivity contribution in [2.75, 3.05) is 20.0 Å². The molecule has 0 radical (unpaired) electrons. The van der Waals surface area contributed by atoms with Gasteiger partial charge in [0.25, 0.3) is 0 Å². The highest BCUT2D eigenvalue weighted by molar-refractivity contribution is 6.11. The van der Waals surface area contributed by atoms with Gasteiger partial charge in [-0.3, -0.25) is 0 Å². The Balaban J connectivity index is 1.92. The lowest BCUT2D eigenvalue weighted by Gasteiger charge is -2.05. The Bertz CT molecular complexity index is 419. The molecule has 17 heavy (non-hydrogen) atoms. The van der Waals surface area contributed by atoms with Crippen molar-refractivity contribution < 1.29 is 14.3 Å². The van der Waals surface area contributed by atoms with Gasteiger partial charge >= 0.3 is 0 Å². The molecule has 0 bridgehead atoms. The van der Waals surface area contributed by atoms with Crippen LogP contribution in [0.4, 0.5) is 0 Å². The van der Waals surface area contributed by atoms with E-state index in [-0.39, 0.29) is 18.4 Å². The third-order valence-electron chi connectivity index (χ3n) is 2.26. The van der Waals surface area contributed by atoms with Gasteiger partial charge in [-0.15, -0.1) is 0 Å². The van der Waals surface area contributed by atoms with Crippen LogP contribution >= 0.6 is 0 Å². The van der Waals surface area contributed by atoms with E-state index >= 15 is 0 Å². The molecule has 1 unspecified atom stereocenters. The number of nitriles is 1. The molecule has 5 nitrogen and oxygen atoms in total. The molecule has 0 N–H and O–H groups in total. The van der Waals surface area contributed by atoms with Crippen molar-refractivity contribution in [1.29, 1.82) is 5.26 Å². The average molecular weight is 232 g/mol. The maximum atomic E-state index is 8.95. The molecule has 1 aliphatic heterocycles. The van der Waals surface area contributed by atoms with Crippen molar-refractivity contribution in [1.82, 2.24) is 0 Å². The van der Waals surface area contributed by atoms with Crippen LogP contribution in [-0.4, -0.2) is 31.8 Å². The normalized spacial score (nSPS) is 19.9. The Morgan fingerprint density at radius 1 is 1.47 bits per heavy atom. The van der Waals surface area contributed by atoms with Crippen molar-refractivity contribution in [3.63, 3.8) is 0 Å². The van der Waals surface area contributed by atoms with Gasteiger partial charge < -0.3 is 14.3 Å². The van der Waals surface area contributed by atoms with E-state index in [1.54, 1.807) is 12.1 Å². The van der Waals surface area contributed by atoms with E-state index in [0.717, 1.165) is 5.56 Å². The highest BCUT2D eigenvalue weighted by Gasteiger charge is 2.16. The average Bonchev–Trinajstić information content (AvgIpc) is 2.89. The van der Waals surface area contributed by atoms with Gasteiger partial charge in [-0.25, -0.2) is 0 Å². The summed E-state index contributed by atoms with van der Waals surface area (Å²) in [5.74, 6) is 0. The number of hydrogen-bond acceptors (Lipinski definition) is 5. The number of hydrogen-bond donors (Lipinski definition) is 0. The Morgan fingerprint density at radius 3 is 2.94 bits per heavy atom. The van der Waals surface area contributed by atoms with Crippen molar-refractivity contribution in [2.24, 2.45) is 5.16 Å². The highest BCUT2D eigenvalue weighted by Crippen LogP contribution is 2.05. The number of benzene rings is 1. The smallest absolute Gasteiger partial charge is 0.186 e. The second kappa shape index (κ2) is 5.99. The van der Waals surface area contributed by atoms with Crippen LogP contribution in [0.1, 0.15) is 5.56 Å². The zero-order valence-corrected chi connectivity index (χ0v) is 9.20. The van der Waals surface area contributed by atoms with Crippen LogP contribution in [-0.2, 0) is 14.3 Å². The van der Waals surface area contributed by atoms with Crippen molar-refractivity contribution in [3.8, 4) is 6.07 Å². The second-order valence-electron chi connectivity index (χ2n) is 3.49. The van der Waals surface area contributed by atoms with E-state index < -0.39 is 0 Å². The monoisotopic (exact) mass is 232 g/mol. The first-order valence-corrected chi connectivity index (χ1v) is 5.25. The summed E-state index contributed by atoms with van der Waals surface area (Å²) in [6.45, 7) is 1.09. The largest absolute Gasteiger partial charge is 0.392 e. The Kier molecular flexibility index (Phi) is 4.08. The molecular formula is C12H12N2O3. The molecule has 1 fully saturated rings. The van der Waals surface area contributed by atoms with E-state index in [1.165, 1.54) is 0 Å². The van der Waals surface area contributed by atoms with Gasteiger partial charge in [0, 0.05) is 5.56 Å².